The molecule has 2 fully saturated rings. The fourth-order valence-corrected chi connectivity index (χ4v) is 4.27. The highest BCUT2D eigenvalue weighted by molar-refractivity contribution is 9.10. The summed E-state index contributed by atoms with van der Waals surface area (Å²) in [7, 11) is 0. The average Bonchev–Trinajstić information content (AvgIpc) is 2.73. The fourth-order valence-electron chi connectivity index (χ4n) is 3.82. The lowest BCUT2D eigenvalue weighted by molar-refractivity contribution is -0.185. The number of rotatable bonds is 1. The number of Topliss-reactive ketones (excluding diaryl/α,β-unsaturated/α-hetero) is 1. The number of hydrogen-bond donors (Lipinski definition) is 1. The molecule has 1 saturated carbocycles. The summed E-state index contributed by atoms with van der Waals surface area (Å²) in [5.74, 6) is -4.22. The molecular formula is C17H16BrF4NO2. The molecule has 1 amide bonds. The van der Waals surface area contributed by atoms with Crippen LogP contribution in [0.3, 0.4) is 0 Å². The van der Waals surface area contributed by atoms with Crippen molar-refractivity contribution in [3.05, 3.63) is 33.5 Å². The largest absolute Gasteiger partial charge is 0.391 e. The third-order valence-electron chi connectivity index (χ3n) is 5.32. The molecule has 1 saturated heterocycles. The molecule has 0 aromatic heterocycles. The van der Waals surface area contributed by atoms with Crippen molar-refractivity contribution in [3.8, 4) is 0 Å². The second kappa shape index (κ2) is 6.07. The topological polar surface area (TPSA) is 46.2 Å². The zero-order chi connectivity index (χ0) is 18.6. The van der Waals surface area contributed by atoms with Crippen LogP contribution in [0.2, 0.25) is 0 Å². The Balaban J connectivity index is 1.90. The van der Waals surface area contributed by atoms with Gasteiger partial charge in [-0.05, 0) is 55.9 Å². The monoisotopic (exact) mass is 421 g/mol. The Morgan fingerprint density at radius 1 is 1.20 bits per heavy atom. The summed E-state index contributed by atoms with van der Waals surface area (Å²) in [6.45, 7) is 1.48. The molecule has 136 valence electrons. The van der Waals surface area contributed by atoms with Crippen LogP contribution in [0, 0.1) is 18.7 Å². The maximum atomic E-state index is 14.0. The van der Waals surface area contributed by atoms with Crippen molar-refractivity contribution < 1.29 is 27.2 Å². The SMILES string of the molecule is Cc1c(F)cc(Br)cc1C1C(=O)NC2(CCC(C(F)(F)F)CC2)C1=O. The number of halogens is 5. The summed E-state index contributed by atoms with van der Waals surface area (Å²) in [6.07, 6.45) is -4.79. The Morgan fingerprint density at radius 3 is 2.36 bits per heavy atom. The van der Waals surface area contributed by atoms with Gasteiger partial charge < -0.3 is 5.32 Å². The van der Waals surface area contributed by atoms with Gasteiger partial charge in [-0.3, -0.25) is 9.59 Å². The van der Waals surface area contributed by atoms with Crippen molar-refractivity contribution >= 4 is 27.6 Å². The number of amides is 1. The van der Waals surface area contributed by atoms with Crippen molar-refractivity contribution in [3.63, 3.8) is 0 Å². The van der Waals surface area contributed by atoms with Gasteiger partial charge in [-0.2, -0.15) is 13.2 Å². The number of nitrogens with one attached hydrogen (secondary N) is 1. The zero-order valence-electron chi connectivity index (χ0n) is 13.3. The molecule has 1 aromatic carbocycles. The van der Waals surface area contributed by atoms with Crippen molar-refractivity contribution in [2.24, 2.45) is 5.92 Å². The highest BCUT2D eigenvalue weighted by Gasteiger charge is 2.56. The number of ketones is 1. The van der Waals surface area contributed by atoms with E-state index in [-0.39, 0.29) is 36.8 Å². The quantitative estimate of drug-likeness (QED) is 0.546. The van der Waals surface area contributed by atoms with E-state index < -0.39 is 41.1 Å². The van der Waals surface area contributed by atoms with E-state index in [2.05, 4.69) is 21.2 Å². The fraction of sp³-hybridized carbons (Fsp3) is 0.529. The van der Waals surface area contributed by atoms with Crippen LogP contribution in [0.5, 0.6) is 0 Å². The van der Waals surface area contributed by atoms with E-state index in [1.54, 1.807) is 0 Å². The number of carbonyl (C=O) groups excluding carboxylic acids is 2. The van der Waals surface area contributed by atoms with Gasteiger partial charge in [0.05, 0.1) is 11.5 Å². The molecule has 1 aliphatic carbocycles. The molecule has 1 N–H and O–H groups in total. The van der Waals surface area contributed by atoms with Crippen LogP contribution in [0.4, 0.5) is 17.6 Å². The maximum Gasteiger partial charge on any atom is 0.391 e. The Kier molecular flexibility index (Phi) is 4.46. The standard InChI is InChI=1S/C17H16BrF4NO2/c1-8-11(6-10(18)7-12(8)19)13-14(24)16(23-15(13)25)4-2-9(3-5-16)17(20,21)22/h6-7,9,13H,2-5H2,1H3,(H,23,25). The van der Waals surface area contributed by atoms with Crippen LogP contribution in [0.1, 0.15) is 42.7 Å². The second-order valence-corrected chi connectivity index (χ2v) is 7.70. The number of hydrogen-bond acceptors (Lipinski definition) is 2. The number of benzene rings is 1. The highest BCUT2D eigenvalue weighted by Crippen LogP contribution is 2.46. The van der Waals surface area contributed by atoms with Gasteiger partial charge in [0, 0.05) is 4.47 Å². The Hall–Kier alpha value is -1.44. The minimum Gasteiger partial charge on any atom is -0.343 e. The second-order valence-electron chi connectivity index (χ2n) is 6.79. The highest BCUT2D eigenvalue weighted by atomic mass is 79.9. The minimum atomic E-state index is -4.29. The summed E-state index contributed by atoms with van der Waals surface area (Å²) in [5.41, 5.74) is -0.823. The molecule has 25 heavy (non-hydrogen) atoms. The Labute approximate surface area is 150 Å². The van der Waals surface area contributed by atoms with E-state index in [0.29, 0.717) is 4.47 Å². The van der Waals surface area contributed by atoms with E-state index in [1.807, 2.05) is 0 Å². The maximum absolute atomic E-state index is 14.0. The van der Waals surface area contributed by atoms with Crippen LogP contribution in [0.15, 0.2) is 16.6 Å². The molecule has 0 bridgehead atoms. The van der Waals surface area contributed by atoms with Crippen molar-refractivity contribution in [1.82, 2.24) is 5.32 Å². The predicted molar refractivity (Wildman–Crippen MR) is 85.5 cm³/mol. The lowest BCUT2D eigenvalue weighted by atomic mass is 9.72. The number of alkyl halides is 3. The van der Waals surface area contributed by atoms with E-state index in [1.165, 1.54) is 19.1 Å². The molecule has 1 aliphatic heterocycles. The van der Waals surface area contributed by atoms with Gasteiger partial charge in [0.2, 0.25) is 5.91 Å². The van der Waals surface area contributed by atoms with Gasteiger partial charge in [-0.1, -0.05) is 15.9 Å². The molecule has 8 heteroatoms. The average molecular weight is 422 g/mol. The summed E-state index contributed by atoms with van der Waals surface area (Å²) >= 11 is 3.14. The summed E-state index contributed by atoms with van der Waals surface area (Å²) in [6, 6.07) is 2.75. The molecule has 3 rings (SSSR count). The van der Waals surface area contributed by atoms with Gasteiger partial charge in [0.25, 0.3) is 0 Å². The van der Waals surface area contributed by atoms with Crippen LogP contribution < -0.4 is 5.32 Å². The van der Waals surface area contributed by atoms with E-state index in [4.69, 9.17) is 0 Å². The van der Waals surface area contributed by atoms with Gasteiger partial charge in [-0.15, -0.1) is 0 Å². The van der Waals surface area contributed by atoms with Gasteiger partial charge in [0.1, 0.15) is 11.7 Å². The molecular weight excluding hydrogens is 406 g/mol. The third kappa shape index (κ3) is 3.09. The van der Waals surface area contributed by atoms with Gasteiger partial charge in [-0.25, -0.2) is 4.39 Å². The summed E-state index contributed by atoms with van der Waals surface area (Å²) in [5, 5.41) is 2.61. The lowest BCUT2D eigenvalue weighted by Crippen LogP contribution is -2.50. The zero-order valence-corrected chi connectivity index (χ0v) is 14.9. The Bertz CT molecular complexity index is 739. The lowest BCUT2D eigenvalue weighted by Gasteiger charge is -2.36. The Morgan fingerprint density at radius 2 is 1.80 bits per heavy atom. The van der Waals surface area contributed by atoms with E-state index in [0.717, 1.165) is 0 Å². The normalized spacial score (nSPS) is 30.0. The molecule has 3 nitrogen and oxygen atoms in total. The first-order valence-corrected chi connectivity index (χ1v) is 8.73. The van der Waals surface area contributed by atoms with Crippen molar-refractivity contribution in [2.45, 2.75) is 50.2 Å². The predicted octanol–water partition coefficient (Wildman–Crippen LogP) is 4.17. The number of carbonyl (C=O) groups is 2. The molecule has 2 aliphatic rings. The van der Waals surface area contributed by atoms with E-state index in [9.17, 15) is 27.2 Å². The molecule has 1 atom stereocenters. The van der Waals surface area contributed by atoms with Gasteiger partial charge in [0.15, 0.2) is 5.78 Å². The van der Waals surface area contributed by atoms with Crippen molar-refractivity contribution in [1.29, 1.82) is 0 Å². The van der Waals surface area contributed by atoms with Crippen LogP contribution >= 0.6 is 15.9 Å². The van der Waals surface area contributed by atoms with Gasteiger partial charge >= 0.3 is 6.18 Å². The molecule has 1 aromatic rings. The van der Waals surface area contributed by atoms with Crippen LogP contribution in [-0.4, -0.2) is 23.4 Å². The molecule has 1 unspecified atom stereocenters. The van der Waals surface area contributed by atoms with Crippen LogP contribution in [0.25, 0.3) is 0 Å². The first-order valence-electron chi connectivity index (χ1n) is 7.94. The third-order valence-corrected chi connectivity index (χ3v) is 5.78. The first kappa shape index (κ1) is 18.4. The summed E-state index contributed by atoms with van der Waals surface area (Å²) in [4.78, 5) is 25.3. The minimum absolute atomic E-state index is 0.0478. The van der Waals surface area contributed by atoms with Crippen molar-refractivity contribution in [2.75, 3.05) is 0 Å². The smallest absolute Gasteiger partial charge is 0.343 e. The van der Waals surface area contributed by atoms with Crippen LogP contribution in [-0.2, 0) is 9.59 Å². The molecule has 1 spiro atoms. The van der Waals surface area contributed by atoms with E-state index >= 15 is 0 Å². The summed E-state index contributed by atoms with van der Waals surface area (Å²) < 4.78 is 52.9. The molecule has 0 radical (unpaired) electrons. The molecule has 1 heterocycles. The first-order chi connectivity index (χ1) is 11.5.